The van der Waals surface area contributed by atoms with Crippen LogP contribution in [0.2, 0.25) is 0 Å². The molecule has 10 nitrogen and oxygen atoms in total. The summed E-state index contributed by atoms with van der Waals surface area (Å²) in [5.74, 6) is 1.04. The standard InChI is InChI=1S/C22H17N9O/c1-12(27-20-16(10-24)19(25)28-13(2)29-20)21-30-17-7-3-5-14(9-23)18(17)22(32)31(21)15-6-4-8-26-11-15/h3-8,11-12H,1-2H3,(H3,25,27,28,29)/t12-/m0/s1. The summed E-state index contributed by atoms with van der Waals surface area (Å²) in [6.07, 6.45) is 3.13. The molecule has 0 saturated carbocycles. The highest BCUT2D eigenvalue weighted by Gasteiger charge is 2.22. The van der Waals surface area contributed by atoms with Crippen LogP contribution in [0.1, 0.15) is 35.7 Å². The number of anilines is 2. The summed E-state index contributed by atoms with van der Waals surface area (Å²) in [6, 6.07) is 11.8. The number of aromatic nitrogens is 5. The fourth-order valence-electron chi connectivity index (χ4n) is 3.45. The molecule has 156 valence electrons. The molecule has 4 aromatic rings. The molecule has 3 heterocycles. The summed E-state index contributed by atoms with van der Waals surface area (Å²) in [5.41, 5.74) is 6.68. The van der Waals surface area contributed by atoms with Gasteiger partial charge >= 0.3 is 0 Å². The first-order valence-electron chi connectivity index (χ1n) is 9.61. The minimum atomic E-state index is -0.571. The van der Waals surface area contributed by atoms with Crippen LogP contribution in [0, 0.1) is 29.6 Å². The molecule has 3 N–H and O–H groups in total. The molecule has 0 fully saturated rings. The highest BCUT2D eigenvalue weighted by atomic mass is 16.1. The maximum atomic E-state index is 13.5. The quantitative estimate of drug-likeness (QED) is 0.502. The SMILES string of the molecule is Cc1nc(N)c(C#N)c(N[C@@H](C)c2nc3cccc(C#N)c3c(=O)n2-c2cccnc2)n1. The molecule has 0 spiro atoms. The van der Waals surface area contributed by atoms with Crippen LogP contribution < -0.4 is 16.6 Å². The van der Waals surface area contributed by atoms with E-state index in [1.807, 2.05) is 6.07 Å². The minimum Gasteiger partial charge on any atom is -0.382 e. The van der Waals surface area contributed by atoms with Gasteiger partial charge in [0.15, 0.2) is 5.82 Å². The lowest BCUT2D eigenvalue weighted by Crippen LogP contribution is -2.28. The molecule has 0 amide bonds. The van der Waals surface area contributed by atoms with Crippen LogP contribution in [0.15, 0.2) is 47.5 Å². The van der Waals surface area contributed by atoms with Crippen molar-refractivity contribution in [3.63, 3.8) is 0 Å². The fraction of sp³-hybridized carbons (Fsp3) is 0.136. The average molecular weight is 423 g/mol. The van der Waals surface area contributed by atoms with E-state index in [0.717, 1.165) is 0 Å². The smallest absolute Gasteiger partial charge is 0.267 e. The lowest BCUT2D eigenvalue weighted by atomic mass is 10.1. The van der Waals surface area contributed by atoms with Crippen LogP contribution in [0.25, 0.3) is 16.6 Å². The number of nitrogens with one attached hydrogen (secondary N) is 1. The Balaban J connectivity index is 1.96. The molecule has 3 aromatic heterocycles. The van der Waals surface area contributed by atoms with E-state index in [2.05, 4.69) is 31.3 Å². The lowest BCUT2D eigenvalue weighted by molar-refractivity contribution is 0.728. The molecule has 4 rings (SSSR count). The number of hydrogen-bond donors (Lipinski definition) is 2. The highest BCUT2D eigenvalue weighted by molar-refractivity contribution is 5.84. The summed E-state index contributed by atoms with van der Waals surface area (Å²) < 4.78 is 1.40. The third-order valence-corrected chi connectivity index (χ3v) is 4.85. The first-order chi connectivity index (χ1) is 15.4. The monoisotopic (exact) mass is 423 g/mol. The van der Waals surface area contributed by atoms with E-state index < -0.39 is 11.6 Å². The number of fused-ring (bicyclic) bond motifs is 1. The molecule has 10 heteroatoms. The zero-order valence-corrected chi connectivity index (χ0v) is 17.2. The van der Waals surface area contributed by atoms with Crippen molar-refractivity contribution < 1.29 is 0 Å². The van der Waals surface area contributed by atoms with Crippen LogP contribution >= 0.6 is 0 Å². The van der Waals surface area contributed by atoms with E-state index in [1.165, 1.54) is 10.8 Å². The first-order valence-corrected chi connectivity index (χ1v) is 9.61. The molecule has 0 aliphatic carbocycles. The molecule has 0 radical (unpaired) electrons. The second kappa shape index (κ2) is 8.13. The summed E-state index contributed by atoms with van der Waals surface area (Å²) in [7, 11) is 0. The van der Waals surface area contributed by atoms with E-state index in [0.29, 0.717) is 22.9 Å². The van der Waals surface area contributed by atoms with Crippen LogP contribution in [-0.4, -0.2) is 24.5 Å². The third-order valence-electron chi connectivity index (χ3n) is 4.85. The second-order valence-corrected chi connectivity index (χ2v) is 6.99. The van der Waals surface area contributed by atoms with Gasteiger partial charge in [-0.15, -0.1) is 0 Å². The number of aryl methyl sites for hydroxylation is 1. The van der Waals surface area contributed by atoms with Crippen molar-refractivity contribution in [3.8, 4) is 17.8 Å². The normalized spacial score (nSPS) is 11.5. The third kappa shape index (κ3) is 3.46. The van der Waals surface area contributed by atoms with Gasteiger partial charge in [0.2, 0.25) is 0 Å². The van der Waals surface area contributed by atoms with Gasteiger partial charge in [-0.3, -0.25) is 14.3 Å². The van der Waals surface area contributed by atoms with Crippen molar-refractivity contribution in [2.45, 2.75) is 19.9 Å². The van der Waals surface area contributed by atoms with Gasteiger partial charge in [0, 0.05) is 6.20 Å². The predicted molar refractivity (Wildman–Crippen MR) is 118 cm³/mol. The van der Waals surface area contributed by atoms with Crippen LogP contribution in [-0.2, 0) is 0 Å². The van der Waals surface area contributed by atoms with E-state index >= 15 is 0 Å². The van der Waals surface area contributed by atoms with Gasteiger partial charge in [-0.2, -0.15) is 10.5 Å². The van der Waals surface area contributed by atoms with Crippen LogP contribution in [0.3, 0.4) is 0 Å². The Hall–Kier alpha value is -4.83. The largest absolute Gasteiger partial charge is 0.382 e. The number of nitrogens with zero attached hydrogens (tertiary/aromatic N) is 7. The summed E-state index contributed by atoms with van der Waals surface area (Å²) in [4.78, 5) is 30.6. The number of rotatable bonds is 4. The van der Waals surface area contributed by atoms with Crippen molar-refractivity contribution in [2.24, 2.45) is 0 Å². The molecule has 1 atom stereocenters. The Bertz CT molecular complexity index is 1480. The Labute approximate surface area is 182 Å². The molecular weight excluding hydrogens is 406 g/mol. The lowest BCUT2D eigenvalue weighted by Gasteiger charge is -2.20. The fourth-order valence-corrected chi connectivity index (χ4v) is 3.45. The predicted octanol–water partition coefficient (Wildman–Crippen LogP) is 2.38. The second-order valence-electron chi connectivity index (χ2n) is 6.99. The van der Waals surface area contributed by atoms with Crippen molar-refractivity contribution in [2.75, 3.05) is 11.1 Å². The molecule has 0 aliphatic rings. The Morgan fingerprint density at radius 2 is 1.94 bits per heavy atom. The number of hydrogen-bond acceptors (Lipinski definition) is 9. The zero-order chi connectivity index (χ0) is 22.8. The van der Waals surface area contributed by atoms with Crippen molar-refractivity contribution in [1.29, 1.82) is 10.5 Å². The number of benzene rings is 1. The molecular formula is C22H17N9O. The molecule has 0 aliphatic heterocycles. The molecule has 0 unspecified atom stereocenters. The minimum absolute atomic E-state index is 0.0597. The van der Waals surface area contributed by atoms with Gasteiger partial charge in [0.1, 0.15) is 35.2 Å². The van der Waals surface area contributed by atoms with Crippen molar-refractivity contribution in [1.82, 2.24) is 24.5 Å². The van der Waals surface area contributed by atoms with E-state index in [9.17, 15) is 15.3 Å². The summed E-state index contributed by atoms with van der Waals surface area (Å²) in [5, 5.41) is 22.3. The van der Waals surface area contributed by atoms with Gasteiger partial charge in [-0.05, 0) is 38.1 Å². The molecule has 1 aromatic carbocycles. The van der Waals surface area contributed by atoms with Crippen molar-refractivity contribution >= 4 is 22.5 Å². The van der Waals surface area contributed by atoms with E-state index in [-0.39, 0.29) is 28.1 Å². The number of nitrogen functional groups attached to an aromatic ring is 1. The van der Waals surface area contributed by atoms with Gasteiger partial charge in [0.25, 0.3) is 5.56 Å². The summed E-state index contributed by atoms with van der Waals surface area (Å²) >= 11 is 0. The van der Waals surface area contributed by atoms with Crippen molar-refractivity contribution in [3.05, 3.63) is 75.9 Å². The van der Waals surface area contributed by atoms with E-state index in [4.69, 9.17) is 5.73 Å². The highest BCUT2D eigenvalue weighted by Crippen LogP contribution is 2.25. The number of pyridine rings is 1. The molecule has 32 heavy (non-hydrogen) atoms. The van der Waals surface area contributed by atoms with Crippen LogP contribution in [0.5, 0.6) is 0 Å². The molecule has 0 saturated heterocycles. The maximum Gasteiger partial charge on any atom is 0.267 e. The number of nitriles is 2. The average Bonchev–Trinajstić information content (AvgIpc) is 2.78. The van der Waals surface area contributed by atoms with Gasteiger partial charge in [0.05, 0.1) is 34.4 Å². The topological polar surface area (TPSA) is 159 Å². The Kier molecular flexibility index (Phi) is 5.19. The number of nitrogens with two attached hydrogens (primary N) is 1. The Morgan fingerprint density at radius 1 is 1.12 bits per heavy atom. The summed E-state index contributed by atoms with van der Waals surface area (Å²) in [6.45, 7) is 3.44. The zero-order valence-electron chi connectivity index (χ0n) is 17.2. The van der Waals surface area contributed by atoms with Gasteiger partial charge in [-0.1, -0.05) is 6.07 Å². The van der Waals surface area contributed by atoms with E-state index in [1.54, 1.807) is 50.4 Å². The maximum absolute atomic E-state index is 13.5. The van der Waals surface area contributed by atoms with Gasteiger partial charge < -0.3 is 11.1 Å². The van der Waals surface area contributed by atoms with Gasteiger partial charge in [-0.25, -0.2) is 15.0 Å². The first kappa shape index (κ1) is 20.4. The molecule has 0 bridgehead atoms. The van der Waals surface area contributed by atoms with Crippen LogP contribution in [0.4, 0.5) is 11.6 Å². The Morgan fingerprint density at radius 3 is 2.62 bits per heavy atom.